The van der Waals surface area contributed by atoms with E-state index in [1.165, 1.54) is 0 Å². The van der Waals surface area contributed by atoms with Crippen LogP contribution in [-0.2, 0) is 6.54 Å². The van der Waals surface area contributed by atoms with Crippen molar-refractivity contribution in [2.24, 2.45) is 11.7 Å². The maximum Gasteiger partial charge on any atom is 0.225 e. The predicted molar refractivity (Wildman–Crippen MR) is 82.9 cm³/mol. The Kier molecular flexibility index (Phi) is 4.15. The first-order valence-corrected chi connectivity index (χ1v) is 7.61. The van der Waals surface area contributed by atoms with E-state index in [4.69, 9.17) is 10.7 Å². The SMILES string of the molecule is CCn1cc(-c2ccnc(N3CCC(CN)CC3)n2)cn1. The fraction of sp³-hybridized carbons (Fsp3) is 0.533. The molecule has 0 aliphatic carbocycles. The zero-order valence-corrected chi connectivity index (χ0v) is 12.4. The van der Waals surface area contributed by atoms with Crippen molar-refractivity contribution < 1.29 is 0 Å². The lowest BCUT2D eigenvalue weighted by Crippen LogP contribution is -2.37. The third-order valence-corrected chi connectivity index (χ3v) is 4.13. The first-order valence-electron chi connectivity index (χ1n) is 7.61. The molecule has 21 heavy (non-hydrogen) atoms. The van der Waals surface area contributed by atoms with E-state index in [-0.39, 0.29) is 0 Å². The van der Waals surface area contributed by atoms with Gasteiger partial charge < -0.3 is 10.6 Å². The summed E-state index contributed by atoms with van der Waals surface area (Å²) in [4.78, 5) is 11.4. The minimum absolute atomic E-state index is 0.646. The van der Waals surface area contributed by atoms with Gasteiger partial charge in [-0.05, 0) is 38.3 Å². The second kappa shape index (κ2) is 6.22. The summed E-state index contributed by atoms with van der Waals surface area (Å²) in [7, 11) is 0. The fourth-order valence-corrected chi connectivity index (χ4v) is 2.70. The topological polar surface area (TPSA) is 72.9 Å². The highest BCUT2D eigenvalue weighted by Crippen LogP contribution is 2.22. The van der Waals surface area contributed by atoms with Crippen molar-refractivity contribution in [2.75, 3.05) is 24.5 Å². The maximum atomic E-state index is 5.74. The van der Waals surface area contributed by atoms with Gasteiger partial charge in [-0.3, -0.25) is 4.68 Å². The zero-order valence-electron chi connectivity index (χ0n) is 12.4. The molecule has 1 fully saturated rings. The van der Waals surface area contributed by atoms with Gasteiger partial charge in [-0.1, -0.05) is 0 Å². The van der Waals surface area contributed by atoms with E-state index in [2.05, 4.69) is 21.9 Å². The number of nitrogens with zero attached hydrogens (tertiary/aromatic N) is 5. The second-order valence-electron chi connectivity index (χ2n) is 5.49. The van der Waals surface area contributed by atoms with Crippen molar-refractivity contribution in [3.05, 3.63) is 24.7 Å². The molecule has 6 nitrogen and oxygen atoms in total. The molecule has 1 saturated heterocycles. The third kappa shape index (κ3) is 3.05. The van der Waals surface area contributed by atoms with E-state index in [0.717, 1.165) is 56.2 Å². The molecule has 0 bridgehead atoms. The Morgan fingerprint density at radius 2 is 2.14 bits per heavy atom. The molecule has 3 rings (SSSR count). The van der Waals surface area contributed by atoms with E-state index in [0.29, 0.717) is 5.92 Å². The number of rotatable bonds is 4. The summed E-state index contributed by atoms with van der Waals surface area (Å²) in [6.45, 7) is 5.69. The second-order valence-corrected chi connectivity index (χ2v) is 5.49. The Balaban J connectivity index is 1.77. The number of piperidine rings is 1. The minimum Gasteiger partial charge on any atom is -0.341 e. The first kappa shape index (κ1) is 14.0. The van der Waals surface area contributed by atoms with Crippen LogP contribution in [0.15, 0.2) is 24.7 Å². The van der Waals surface area contributed by atoms with Crippen LogP contribution in [0.25, 0.3) is 11.3 Å². The van der Waals surface area contributed by atoms with Gasteiger partial charge in [-0.15, -0.1) is 0 Å². The van der Waals surface area contributed by atoms with Crippen LogP contribution in [0.4, 0.5) is 5.95 Å². The molecule has 2 N–H and O–H groups in total. The lowest BCUT2D eigenvalue weighted by atomic mass is 9.97. The molecule has 2 aromatic rings. The van der Waals surface area contributed by atoms with Crippen LogP contribution in [0.5, 0.6) is 0 Å². The molecule has 0 spiro atoms. The Labute approximate surface area is 125 Å². The summed E-state index contributed by atoms with van der Waals surface area (Å²) < 4.78 is 1.91. The van der Waals surface area contributed by atoms with Crippen LogP contribution in [0.1, 0.15) is 19.8 Å². The largest absolute Gasteiger partial charge is 0.341 e. The standard InChI is InChI=1S/C15H22N6/c1-2-21-11-13(10-18-21)14-3-6-17-15(19-14)20-7-4-12(9-16)5-8-20/h3,6,10-12H,2,4-5,7-9,16H2,1H3. The van der Waals surface area contributed by atoms with Crippen molar-refractivity contribution in [2.45, 2.75) is 26.3 Å². The summed E-state index contributed by atoms with van der Waals surface area (Å²) in [6.07, 6.45) is 7.95. The lowest BCUT2D eigenvalue weighted by molar-refractivity contribution is 0.411. The monoisotopic (exact) mass is 286 g/mol. The van der Waals surface area contributed by atoms with Crippen molar-refractivity contribution in [1.29, 1.82) is 0 Å². The highest BCUT2D eigenvalue weighted by Gasteiger charge is 2.20. The van der Waals surface area contributed by atoms with Crippen LogP contribution in [0.3, 0.4) is 0 Å². The van der Waals surface area contributed by atoms with Gasteiger partial charge in [0.1, 0.15) is 0 Å². The van der Waals surface area contributed by atoms with Gasteiger partial charge >= 0.3 is 0 Å². The highest BCUT2D eigenvalue weighted by molar-refractivity contribution is 5.58. The molecule has 3 heterocycles. The van der Waals surface area contributed by atoms with E-state index >= 15 is 0 Å². The molecule has 0 aromatic carbocycles. The Bertz CT molecular complexity index is 585. The van der Waals surface area contributed by atoms with Crippen molar-refractivity contribution in [1.82, 2.24) is 19.7 Å². The Morgan fingerprint density at radius 3 is 2.81 bits per heavy atom. The number of nitrogens with two attached hydrogens (primary N) is 1. The Morgan fingerprint density at radius 1 is 1.33 bits per heavy atom. The van der Waals surface area contributed by atoms with E-state index in [9.17, 15) is 0 Å². The molecule has 1 aliphatic heterocycles. The van der Waals surface area contributed by atoms with Crippen molar-refractivity contribution >= 4 is 5.95 Å². The quantitative estimate of drug-likeness (QED) is 0.923. The van der Waals surface area contributed by atoms with Crippen molar-refractivity contribution in [3.8, 4) is 11.3 Å². The lowest BCUT2D eigenvalue weighted by Gasteiger charge is -2.31. The fourth-order valence-electron chi connectivity index (χ4n) is 2.70. The van der Waals surface area contributed by atoms with Gasteiger partial charge in [0, 0.05) is 37.6 Å². The molecule has 0 unspecified atom stereocenters. The highest BCUT2D eigenvalue weighted by atomic mass is 15.3. The van der Waals surface area contributed by atoms with Crippen LogP contribution in [0.2, 0.25) is 0 Å². The van der Waals surface area contributed by atoms with Gasteiger partial charge in [0.25, 0.3) is 0 Å². The Hall–Kier alpha value is -1.95. The average molecular weight is 286 g/mol. The third-order valence-electron chi connectivity index (χ3n) is 4.13. The van der Waals surface area contributed by atoms with Gasteiger partial charge in [0.05, 0.1) is 11.9 Å². The van der Waals surface area contributed by atoms with Crippen LogP contribution < -0.4 is 10.6 Å². The van der Waals surface area contributed by atoms with Gasteiger partial charge in [-0.2, -0.15) is 5.10 Å². The number of hydrogen-bond acceptors (Lipinski definition) is 5. The van der Waals surface area contributed by atoms with Crippen LogP contribution in [-0.4, -0.2) is 39.4 Å². The van der Waals surface area contributed by atoms with Crippen LogP contribution >= 0.6 is 0 Å². The minimum atomic E-state index is 0.646. The normalized spacial score (nSPS) is 16.4. The molecule has 6 heteroatoms. The molecular formula is C15H22N6. The number of aromatic nitrogens is 4. The maximum absolute atomic E-state index is 5.74. The molecule has 112 valence electrons. The molecule has 0 radical (unpaired) electrons. The molecule has 0 atom stereocenters. The summed E-state index contributed by atoms with van der Waals surface area (Å²) >= 11 is 0. The number of anilines is 1. The smallest absolute Gasteiger partial charge is 0.225 e. The number of hydrogen-bond donors (Lipinski definition) is 1. The van der Waals surface area contributed by atoms with E-state index in [1.54, 1.807) is 0 Å². The zero-order chi connectivity index (χ0) is 14.7. The average Bonchev–Trinajstić information content (AvgIpc) is 3.04. The molecule has 0 saturated carbocycles. The summed E-state index contributed by atoms with van der Waals surface area (Å²) in [5.41, 5.74) is 7.71. The van der Waals surface area contributed by atoms with Gasteiger partial charge in [0.15, 0.2) is 0 Å². The summed E-state index contributed by atoms with van der Waals surface area (Å²) in [5.74, 6) is 1.46. The number of aryl methyl sites for hydroxylation is 1. The van der Waals surface area contributed by atoms with E-state index in [1.807, 2.05) is 29.3 Å². The summed E-state index contributed by atoms with van der Waals surface area (Å²) in [5, 5.41) is 4.30. The van der Waals surface area contributed by atoms with E-state index < -0.39 is 0 Å². The molecule has 2 aromatic heterocycles. The van der Waals surface area contributed by atoms with Gasteiger partial charge in [0.2, 0.25) is 5.95 Å². The molecular weight excluding hydrogens is 264 g/mol. The summed E-state index contributed by atoms with van der Waals surface area (Å²) in [6, 6.07) is 1.94. The molecule has 0 amide bonds. The predicted octanol–water partition coefficient (Wildman–Crippen LogP) is 1.54. The first-order chi connectivity index (χ1) is 10.3. The molecule has 1 aliphatic rings. The van der Waals surface area contributed by atoms with Crippen molar-refractivity contribution in [3.63, 3.8) is 0 Å². The van der Waals surface area contributed by atoms with Gasteiger partial charge in [-0.25, -0.2) is 9.97 Å². The van der Waals surface area contributed by atoms with Crippen LogP contribution in [0, 0.1) is 5.92 Å².